The van der Waals surface area contributed by atoms with Crippen LogP contribution in [0, 0.1) is 17.0 Å². The highest BCUT2D eigenvalue weighted by Gasteiger charge is 2.34. The maximum absolute atomic E-state index is 13.0. The van der Waals surface area contributed by atoms with E-state index in [9.17, 15) is 32.9 Å². The summed E-state index contributed by atoms with van der Waals surface area (Å²) in [6, 6.07) is 10.4. The molecular formula is C22H16N2O9S. The summed E-state index contributed by atoms with van der Waals surface area (Å²) in [6.45, 7) is 0.411. The predicted octanol–water partition coefficient (Wildman–Crippen LogP) is 2.76. The fourth-order valence-electron chi connectivity index (χ4n) is 3.75. The number of carbonyl (C=O) groups is 3. The van der Waals surface area contributed by atoms with Gasteiger partial charge in [0.25, 0.3) is 27.6 Å². The molecule has 0 unspecified atom stereocenters. The Hall–Kier alpha value is -4.16. The lowest BCUT2D eigenvalue weighted by Gasteiger charge is -2.26. The maximum atomic E-state index is 13.0. The molecule has 4 rings (SSSR count). The van der Waals surface area contributed by atoms with Crippen LogP contribution in [0.5, 0.6) is 0 Å². The Kier molecular flexibility index (Phi) is 5.63. The number of non-ortho nitro benzene ring substituents is 1. The van der Waals surface area contributed by atoms with Crippen LogP contribution in [0.1, 0.15) is 36.6 Å². The highest BCUT2D eigenvalue weighted by atomic mass is 32.2. The molecule has 0 aromatic heterocycles. The van der Waals surface area contributed by atoms with Crippen molar-refractivity contribution in [3.63, 3.8) is 0 Å². The maximum Gasteiger partial charge on any atom is 0.335 e. The van der Waals surface area contributed by atoms with E-state index >= 15 is 0 Å². The number of aromatic carboxylic acids is 1. The van der Waals surface area contributed by atoms with E-state index in [0.717, 1.165) is 17.0 Å². The van der Waals surface area contributed by atoms with Crippen LogP contribution in [0.15, 0.2) is 53.4 Å². The van der Waals surface area contributed by atoms with Gasteiger partial charge in [-0.1, -0.05) is 18.2 Å². The predicted molar refractivity (Wildman–Crippen MR) is 117 cm³/mol. The smallest absolute Gasteiger partial charge is 0.335 e. The summed E-state index contributed by atoms with van der Waals surface area (Å²) in [5.74, 6) is -2.83. The third kappa shape index (κ3) is 3.89. The highest BCUT2D eigenvalue weighted by molar-refractivity contribution is 7.86. The van der Waals surface area contributed by atoms with Crippen molar-refractivity contribution in [2.24, 2.45) is 0 Å². The van der Waals surface area contributed by atoms with Gasteiger partial charge in [0.15, 0.2) is 0 Å². The number of amides is 2. The molecule has 0 radical (unpaired) electrons. The van der Waals surface area contributed by atoms with Crippen LogP contribution in [0.25, 0.3) is 10.8 Å². The molecular weight excluding hydrogens is 468 g/mol. The van der Waals surface area contributed by atoms with E-state index in [2.05, 4.69) is 0 Å². The number of aryl methyl sites for hydroxylation is 1. The van der Waals surface area contributed by atoms with Gasteiger partial charge in [0.05, 0.1) is 34.1 Å². The summed E-state index contributed by atoms with van der Waals surface area (Å²) in [7, 11) is -4.40. The molecule has 3 aromatic rings. The second kappa shape index (κ2) is 8.32. The molecule has 0 saturated heterocycles. The average Bonchev–Trinajstić information content (AvgIpc) is 2.79. The number of hydrogen-bond donors (Lipinski definition) is 1. The molecule has 1 heterocycles. The summed E-state index contributed by atoms with van der Waals surface area (Å²) in [5.41, 5.74) is -0.222. The molecule has 0 fully saturated rings. The van der Waals surface area contributed by atoms with Crippen LogP contribution in [-0.2, 0) is 14.3 Å². The first-order chi connectivity index (χ1) is 16.0. The van der Waals surface area contributed by atoms with Crippen LogP contribution < -0.4 is 0 Å². The Morgan fingerprint density at radius 2 is 1.79 bits per heavy atom. The largest absolute Gasteiger partial charge is 0.478 e. The molecule has 3 aromatic carbocycles. The Morgan fingerprint density at radius 3 is 2.47 bits per heavy atom. The van der Waals surface area contributed by atoms with Gasteiger partial charge in [-0.3, -0.25) is 28.8 Å². The minimum atomic E-state index is -4.40. The van der Waals surface area contributed by atoms with Gasteiger partial charge in [-0.25, -0.2) is 4.79 Å². The first-order valence-corrected chi connectivity index (χ1v) is 11.2. The van der Waals surface area contributed by atoms with Gasteiger partial charge in [-0.15, -0.1) is 0 Å². The van der Waals surface area contributed by atoms with Gasteiger partial charge in [0, 0.05) is 23.1 Å². The van der Waals surface area contributed by atoms with Gasteiger partial charge in [0.1, 0.15) is 0 Å². The lowest BCUT2D eigenvalue weighted by molar-refractivity contribution is -0.384. The topological polar surface area (TPSA) is 161 Å². The van der Waals surface area contributed by atoms with Crippen LogP contribution >= 0.6 is 0 Å². The number of imide groups is 1. The van der Waals surface area contributed by atoms with Crippen molar-refractivity contribution < 1.29 is 37.0 Å². The molecule has 0 saturated carbocycles. The monoisotopic (exact) mass is 484 g/mol. The molecule has 1 aliphatic heterocycles. The number of carboxylic acids is 1. The molecule has 2 amide bonds. The van der Waals surface area contributed by atoms with Crippen molar-refractivity contribution in [3.05, 3.63) is 80.9 Å². The average molecular weight is 484 g/mol. The fourth-order valence-corrected chi connectivity index (χ4v) is 4.91. The van der Waals surface area contributed by atoms with Gasteiger partial charge in [-0.05, 0) is 36.1 Å². The molecule has 1 N–H and O–H groups in total. The van der Waals surface area contributed by atoms with Crippen LogP contribution in [0.3, 0.4) is 0 Å². The molecule has 0 spiro atoms. The Balaban J connectivity index is 1.60. The summed E-state index contributed by atoms with van der Waals surface area (Å²) < 4.78 is 30.2. The molecule has 12 heteroatoms. The van der Waals surface area contributed by atoms with Gasteiger partial charge in [-0.2, -0.15) is 8.42 Å². The number of benzene rings is 3. The van der Waals surface area contributed by atoms with Crippen LogP contribution in [0.4, 0.5) is 5.69 Å². The third-order valence-electron chi connectivity index (χ3n) is 5.38. The van der Waals surface area contributed by atoms with E-state index in [1.807, 2.05) is 0 Å². The lowest BCUT2D eigenvalue weighted by Crippen LogP contribution is -2.42. The first-order valence-electron chi connectivity index (χ1n) is 9.82. The number of carbonyl (C=O) groups excluding carboxylic acids is 2. The third-order valence-corrected chi connectivity index (χ3v) is 6.84. The van der Waals surface area contributed by atoms with Crippen molar-refractivity contribution in [3.8, 4) is 0 Å². The minimum Gasteiger partial charge on any atom is -0.478 e. The summed E-state index contributed by atoms with van der Waals surface area (Å²) in [6.07, 6.45) is 0. The van der Waals surface area contributed by atoms with E-state index in [1.165, 1.54) is 37.3 Å². The Bertz CT molecular complexity index is 1510. The van der Waals surface area contributed by atoms with Crippen molar-refractivity contribution >= 4 is 44.4 Å². The second-order valence-electron chi connectivity index (χ2n) is 7.48. The van der Waals surface area contributed by atoms with E-state index in [-0.39, 0.29) is 38.2 Å². The standard InChI is InChI=1S/C22H16N2O9S/c1-12-5-6-14(22(27)28)10-18(12)34(31,32)33-8-7-23-20(25)16-4-2-3-13-9-15(24(29)30)11-17(19(13)16)21(23)26/h2-6,9-11H,7-8H2,1H3,(H,27,28). The van der Waals surface area contributed by atoms with Gasteiger partial charge < -0.3 is 5.11 Å². The number of nitro groups is 1. The molecule has 174 valence electrons. The van der Waals surface area contributed by atoms with Crippen molar-refractivity contribution in [1.29, 1.82) is 0 Å². The zero-order valence-electron chi connectivity index (χ0n) is 17.5. The van der Waals surface area contributed by atoms with E-state index in [4.69, 9.17) is 9.29 Å². The van der Waals surface area contributed by atoms with Crippen molar-refractivity contribution in [2.45, 2.75) is 11.8 Å². The van der Waals surface area contributed by atoms with Gasteiger partial charge >= 0.3 is 5.97 Å². The summed E-state index contributed by atoms with van der Waals surface area (Å²) >= 11 is 0. The van der Waals surface area contributed by atoms with Crippen LogP contribution in [-0.4, -0.2) is 54.3 Å². The number of nitrogens with zero attached hydrogens (tertiary/aromatic N) is 2. The van der Waals surface area contributed by atoms with Crippen LogP contribution in [0.2, 0.25) is 0 Å². The highest BCUT2D eigenvalue weighted by Crippen LogP contribution is 2.33. The molecule has 0 aliphatic carbocycles. The number of carboxylic acid groups (broad SMARTS) is 1. The van der Waals surface area contributed by atoms with Gasteiger partial charge in [0.2, 0.25) is 0 Å². The normalized spacial score (nSPS) is 13.4. The molecule has 0 atom stereocenters. The number of rotatable bonds is 7. The Morgan fingerprint density at radius 1 is 1.09 bits per heavy atom. The summed E-state index contributed by atoms with van der Waals surface area (Å²) in [5, 5.41) is 21.0. The minimum absolute atomic E-state index is 0.0488. The molecule has 0 bridgehead atoms. The zero-order valence-corrected chi connectivity index (χ0v) is 18.4. The number of hydrogen-bond acceptors (Lipinski definition) is 8. The lowest BCUT2D eigenvalue weighted by atomic mass is 9.93. The quantitative estimate of drug-likeness (QED) is 0.230. The summed E-state index contributed by atoms with van der Waals surface area (Å²) in [4.78, 5) is 48.1. The second-order valence-corrected chi connectivity index (χ2v) is 9.06. The van der Waals surface area contributed by atoms with E-state index < -0.39 is 46.0 Å². The van der Waals surface area contributed by atoms with Crippen molar-refractivity contribution in [2.75, 3.05) is 13.2 Å². The number of nitro benzene ring substituents is 1. The zero-order chi connectivity index (χ0) is 24.8. The van der Waals surface area contributed by atoms with E-state index in [1.54, 1.807) is 6.07 Å². The SMILES string of the molecule is Cc1ccc(C(=O)O)cc1S(=O)(=O)OCCN1C(=O)c2cccc3cc([N+](=O)[O-])cc(c23)C1=O. The van der Waals surface area contributed by atoms with E-state index in [0.29, 0.717) is 5.39 Å². The fraction of sp³-hybridized carbons (Fsp3) is 0.136. The van der Waals surface area contributed by atoms with Crippen molar-refractivity contribution in [1.82, 2.24) is 4.90 Å². The molecule has 1 aliphatic rings. The first kappa shape index (κ1) is 23.0. The molecule has 11 nitrogen and oxygen atoms in total. The Labute approximate surface area is 192 Å². The molecule has 34 heavy (non-hydrogen) atoms.